The van der Waals surface area contributed by atoms with E-state index in [4.69, 9.17) is 19.3 Å². The monoisotopic (exact) mass is 450 g/mol. The molecule has 1 aromatic rings. The van der Waals surface area contributed by atoms with Gasteiger partial charge in [0.2, 0.25) is 0 Å². The minimum absolute atomic E-state index is 0.00605. The Kier molecular flexibility index (Phi) is 9.31. The lowest BCUT2D eigenvalue weighted by Crippen LogP contribution is -2.50. The van der Waals surface area contributed by atoms with E-state index in [1.807, 2.05) is 30.3 Å². The number of carbonyl (C=O) groups is 1. The molecular weight excluding hydrogens is 412 g/mol. The summed E-state index contributed by atoms with van der Waals surface area (Å²) in [5.41, 5.74) is 1.03. The molecule has 8 heteroatoms. The van der Waals surface area contributed by atoms with Crippen molar-refractivity contribution in [1.29, 1.82) is 0 Å². The minimum atomic E-state index is -0.793. The van der Waals surface area contributed by atoms with Gasteiger partial charge in [-0.3, -0.25) is 0 Å². The first-order valence-corrected chi connectivity index (χ1v) is 11.6. The smallest absolute Gasteiger partial charge is 0.407 e. The van der Waals surface area contributed by atoms with E-state index in [1.54, 1.807) is 0 Å². The van der Waals surface area contributed by atoms with Crippen LogP contribution in [0.1, 0.15) is 38.7 Å². The van der Waals surface area contributed by atoms with Crippen LogP contribution in [0.25, 0.3) is 0 Å². The molecule has 2 heterocycles. The zero-order chi connectivity index (χ0) is 23.0. The molecule has 8 nitrogen and oxygen atoms in total. The Labute approximate surface area is 190 Å². The van der Waals surface area contributed by atoms with Crippen LogP contribution in [0.5, 0.6) is 0 Å². The first-order chi connectivity index (χ1) is 15.4. The van der Waals surface area contributed by atoms with Gasteiger partial charge in [-0.1, -0.05) is 44.2 Å². The summed E-state index contributed by atoms with van der Waals surface area (Å²) in [5.74, 6) is 0.0704. The minimum Gasteiger partial charge on any atom is -0.443 e. The molecule has 2 saturated heterocycles. The highest BCUT2D eigenvalue weighted by molar-refractivity contribution is 5.68. The number of aliphatic hydroxyl groups excluding tert-OH is 2. The number of ether oxygens (including phenoxy) is 3. The van der Waals surface area contributed by atoms with Crippen LogP contribution in [0.3, 0.4) is 0 Å². The SMILES string of the molecule is CC(C)(CCCO)CNC[C@@H](O)[C@H](Cc1ccccc1)NC(=O)O[C@H]1CO[C@H]2OCC[C@H]21. The van der Waals surface area contributed by atoms with Gasteiger partial charge in [-0.25, -0.2) is 4.79 Å². The molecule has 0 aliphatic carbocycles. The average Bonchev–Trinajstić information content (AvgIpc) is 3.37. The van der Waals surface area contributed by atoms with Gasteiger partial charge in [0.05, 0.1) is 31.3 Å². The molecule has 2 aliphatic rings. The van der Waals surface area contributed by atoms with Crippen LogP contribution in [0.4, 0.5) is 4.79 Å². The molecule has 32 heavy (non-hydrogen) atoms. The fourth-order valence-corrected chi connectivity index (χ4v) is 4.37. The summed E-state index contributed by atoms with van der Waals surface area (Å²) in [6.07, 6.45) is 0.990. The number of fused-ring (bicyclic) bond motifs is 1. The normalized spacial score (nSPS) is 24.7. The molecule has 0 spiro atoms. The van der Waals surface area contributed by atoms with E-state index in [1.165, 1.54) is 0 Å². The average molecular weight is 451 g/mol. The molecule has 180 valence electrons. The maximum atomic E-state index is 12.7. The van der Waals surface area contributed by atoms with Crippen molar-refractivity contribution in [3.8, 4) is 0 Å². The number of amides is 1. The van der Waals surface area contributed by atoms with Crippen LogP contribution in [0.2, 0.25) is 0 Å². The molecule has 3 rings (SSSR count). The number of carbonyl (C=O) groups excluding carboxylic acids is 1. The Morgan fingerprint density at radius 1 is 1.28 bits per heavy atom. The predicted molar refractivity (Wildman–Crippen MR) is 120 cm³/mol. The Bertz CT molecular complexity index is 701. The number of benzene rings is 1. The van der Waals surface area contributed by atoms with E-state index in [2.05, 4.69) is 24.5 Å². The van der Waals surface area contributed by atoms with Crippen molar-refractivity contribution in [3.05, 3.63) is 35.9 Å². The van der Waals surface area contributed by atoms with Crippen LogP contribution in [-0.4, -0.2) is 73.8 Å². The Balaban J connectivity index is 1.54. The second kappa shape index (κ2) is 12.0. The maximum Gasteiger partial charge on any atom is 0.407 e. The van der Waals surface area contributed by atoms with E-state index >= 15 is 0 Å². The van der Waals surface area contributed by atoms with E-state index < -0.39 is 18.2 Å². The van der Waals surface area contributed by atoms with Crippen molar-refractivity contribution in [2.24, 2.45) is 11.3 Å². The van der Waals surface area contributed by atoms with E-state index in [0.717, 1.165) is 24.8 Å². The lowest BCUT2D eigenvalue weighted by Gasteiger charge is -2.28. The van der Waals surface area contributed by atoms with Gasteiger partial charge in [-0.15, -0.1) is 0 Å². The molecule has 0 unspecified atom stereocenters. The molecule has 0 saturated carbocycles. The highest BCUT2D eigenvalue weighted by Gasteiger charge is 2.44. The van der Waals surface area contributed by atoms with Crippen LogP contribution in [0, 0.1) is 11.3 Å². The molecular formula is C24H38N2O6. The van der Waals surface area contributed by atoms with Gasteiger partial charge in [0.15, 0.2) is 6.29 Å². The third-order valence-electron chi connectivity index (χ3n) is 6.28. The van der Waals surface area contributed by atoms with Crippen LogP contribution in [0.15, 0.2) is 30.3 Å². The Morgan fingerprint density at radius 3 is 2.81 bits per heavy atom. The molecule has 2 aliphatic heterocycles. The number of hydrogen-bond donors (Lipinski definition) is 4. The molecule has 4 N–H and O–H groups in total. The topological polar surface area (TPSA) is 109 Å². The van der Waals surface area contributed by atoms with Crippen LogP contribution >= 0.6 is 0 Å². The molecule has 1 aromatic carbocycles. The van der Waals surface area contributed by atoms with E-state index in [9.17, 15) is 9.90 Å². The largest absolute Gasteiger partial charge is 0.443 e. The molecule has 5 atom stereocenters. The third-order valence-corrected chi connectivity index (χ3v) is 6.28. The molecule has 0 aromatic heterocycles. The van der Waals surface area contributed by atoms with Gasteiger partial charge in [-0.05, 0) is 36.7 Å². The third kappa shape index (κ3) is 7.42. The number of hydrogen-bond acceptors (Lipinski definition) is 7. The summed E-state index contributed by atoms with van der Waals surface area (Å²) in [7, 11) is 0. The molecule has 2 fully saturated rings. The standard InChI is InChI=1S/C24H38N2O6/c1-24(2,10-6-11-27)16-25-14-20(28)19(13-17-7-4-3-5-8-17)26-23(29)32-21-15-31-22-18(21)9-12-30-22/h3-5,7-8,18-22,25,27-28H,6,9-16H2,1-2H3,(H,26,29)/t18-,19-,20+,21-,22+/m0/s1. The van der Waals surface area contributed by atoms with Gasteiger partial charge < -0.3 is 35.1 Å². The lowest BCUT2D eigenvalue weighted by atomic mass is 9.88. The highest BCUT2D eigenvalue weighted by atomic mass is 16.7. The van der Waals surface area contributed by atoms with Crippen molar-refractivity contribution in [3.63, 3.8) is 0 Å². The number of rotatable bonds is 12. The first kappa shape index (κ1) is 24.9. The van der Waals surface area contributed by atoms with Crippen molar-refractivity contribution in [1.82, 2.24) is 10.6 Å². The number of nitrogens with one attached hydrogen (secondary N) is 2. The predicted octanol–water partition coefficient (Wildman–Crippen LogP) is 1.83. The summed E-state index contributed by atoms with van der Waals surface area (Å²) >= 11 is 0. The van der Waals surface area contributed by atoms with Gasteiger partial charge >= 0.3 is 6.09 Å². The Morgan fingerprint density at radius 2 is 2.06 bits per heavy atom. The second-order valence-electron chi connectivity index (χ2n) is 9.60. The summed E-state index contributed by atoms with van der Waals surface area (Å²) in [6, 6.07) is 9.26. The van der Waals surface area contributed by atoms with E-state index in [0.29, 0.717) is 32.7 Å². The van der Waals surface area contributed by atoms with Crippen molar-refractivity contribution >= 4 is 6.09 Å². The molecule has 0 bridgehead atoms. The van der Waals surface area contributed by atoms with Crippen LogP contribution in [-0.2, 0) is 20.6 Å². The van der Waals surface area contributed by atoms with Gasteiger partial charge in [0, 0.05) is 19.7 Å². The lowest BCUT2D eigenvalue weighted by molar-refractivity contribution is -0.0907. The summed E-state index contributed by atoms with van der Waals surface area (Å²) in [4.78, 5) is 12.7. The van der Waals surface area contributed by atoms with Crippen molar-refractivity contribution < 1.29 is 29.2 Å². The maximum absolute atomic E-state index is 12.7. The van der Waals surface area contributed by atoms with Gasteiger partial charge in [-0.2, -0.15) is 0 Å². The number of alkyl carbamates (subject to hydrolysis) is 1. The summed E-state index contributed by atoms with van der Waals surface area (Å²) in [5, 5.41) is 26.1. The Hall–Kier alpha value is -1.71. The fraction of sp³-hybridized carbons (Fsp3) is 0.708. The fourth-order valence-electron chi connectivity index (χ4n) is 4.37. The molecule has 0 radical (unpaired) electrons. The summed E-state index contributed by atoms with van der Waals surface area (Å²) < 4.78 is 16.7. The second-order valence-corrected chi connectivity index (χ2v) is 9.60. The van der Waals surface area contributed by atoms with Crippen LogP contribution < -0.4 is 10.6 Å². The quantitative estimate of drug-likeness (QED) is 0.385. The molecule has 1 amide bonds. The summed E-state index contributed by atoms with van der Waals surface area (Å²) in [6.45, 7) is 6.43. The van der Waals surface area contributed by atoms with Gasteiger partial charge in [0.25, 0.3) is 0 Å². The van der Waals surface area contributed by atoms with Crippen molar-refractivity contribution in [2.45, 2.75) is 64.1 Å². The zero-order valence-electron chi connectivity index (χ0n) is 19.2. The first-order valence-electron chi connectivity index (χ1n) is 11.6. The zero-order valence-corrected chi connectivity index (χ0v) is 19.2. The number of aliphatic hydroxyl groups is 2. The van der Waals surface area contributed by atoms with Gasteiger partial charge in [0.1, 0.15) is 6.10 Å². The van der Waals surface area contributed by atoms with Crippen molar-refractivity contribution in [2.75, 3.05) is 32.9 Å². The highest BCUT2D eigenvalue weighted by Crippen LogP contribution is 2.33. The van der Waals surface area contributed by atoms with E-state index in [-0.39, 0.29) is 30.3 Å².